The van der Waals surface area contributed by atoms with Crippen LogP contribution in [0.15, 0.2) is 24.3 Å². The number of aromatic nitrogens is 2. The van der Waals surface area contributed by atoms with Gasteiger partial charge in [0.1, 0.15) is 11.9 Å². The van der Waals surface area contributed by atoms with Crippen LogP contribution in [0.1, 0.15) is 46.5 Å². The normalized spacial score (nSPS) is 13.4. The third kappa shape index (κ3) is 2.84. The Morgan fingerprint density at radius 2 is 2.00 bits per heavy atom. The lowest BCUT2D eigenvalue weighted by Gasteiger charge is -2.24. The van der Waals surface area contributed by atoms with Crippen molar-refractivity contribution in [2.75, 3.05) is 0 Å². The van der Waals surface area contributed by atoms with E-state index in [1.54, 1.807) is 0 Å². The molecule has 0 saturated heterocycles. The zero-order chi connectivity index (χ0) is 14.9. The number of para-hydroxylation sites is 2. The molecule has 4 heteroatoms. The lowest BCUT2D eigenvalue weighted by atomic mass is 10.1. The number of hydrogen-bond donors (Lipinski definition) is 1. The second-order valence-electron chi connectivity index (χ2n) is 6.16. The van der Waals surface area contributed by atoms with Gasteiger partial charge >= 0.3 is 0 Å². The summed E-state index contributed by atoms with van der Waals surface area (Å²) >= 11 is 0. The minimum Gasteiger partial charge on any atom is -0.350 e. The van der Waals surface area contributed by atoms with E-state index in [2.05, 4.69) is 17.2 Å². The van der Waals surface area contributed by atoms with E-state index >= 15 is 0 Å². The fourth-order valence-corrected chi connectivity index (χ4v) is 2.37. The summed E-state index contributed by atoms with van der Waals surface area (Å²) < 4.78 is 2.04. The van der Waals surface area contributed by atoms with Crippen LogP contribution in [0.3, 0.4) is 0 Å². The first-order valence-corrected chi connectivity index (χ1v) is 7.11. The smallest absolute Gasteiger partial charge is 0.243 e. The summed E-state index contributed by atoms with van der Waals surface area (Å²) in [5, 5.41) is 3.04. The van der Waals surface area contributed by atoms with Gasteiger partial charge < -0.3 is 9.88 Å². The predicted octanol–water partition coefficient (Wildman–Crippen LogP) is 3.07. The monoisotopic (exact) mass is 273 g/mol. The summed E-state index contributed by atoms with van der Waals surface area (Å²) in [5.74, 6) is 0.970. The van der Waals surface area contributed by atoms with Crippen LogP contribution in [0.5, 0.6) is 0 Å². The van der Waals surface area contributed by atoms with Crippen LogP contribution >= 0.6 is 0 Å². The van der Waals surface area contributed by atoms with E-state index in [1.807, 2.05) is 56.5 Å². The molecule has 0 aliphatic carbocycles. The molecule has 1 aromatic heterocycles. The first kappa shape index (κ1) is 14.6. The molecule has 108 valence electrons. The van der Waals surface area contributed by atoms with E-state index in [4.69, 9.17) is 0 Å². The molecule has 0 radical (unpaired) electrons. The van der Waals surface area contributed by atoms with Crippen molar-refractivity contribution in [3.63, 3.8) is 0 Å². The van der Waals surface area contributed by atoms with Crippen LogP contribution in [-0.2, 0) is 11.2 Å². The van der Waals surface area contributed by atoms with Crippen LogP contribution < -0.4 is 5.32 Å². The van der Waals surface area contributed by atoms with Gasteiger partial charge in [0.2, 0.25) is 5.91 Å². The van der Waals surface area contributed by atoms with Crippen LogP contribution in [0.2, 0.25) is 0 Å². The van der Waals surface area contributed by atoms with Crippen molar-refractivity contribution in [2.24, 2.45) is 0 Å². The highest BCUT2D eigenvalue weighted by atomic mass is 16.2. The minimum atomic E-state index is -0.267. The second kappa shape index (κ2) is 5.27. The first-order valence-electron chi connectivity index (χ1n) is 7.11. The third-order valence-electron chi connectivity index (χ3n) is 3.25. The minimum absolute atomic E-state index is 0.0235. The molecule has 0 fully saturated rings. The number of imidazole rings is 1. The molecule has 1 atom stereocenters. The number of carbonyl (C=O) groups excluding carboxylic acids is 1. The Kier molecular flexibility index (Phi) is 3.84. The van der Waals surface area contributed by atoms with Gasteiger partial charge in [0, 0.05) is 12.0 Å². The van der Waals surface area contributed by atoms with Gasteiger partial charge in [-0.05, 0) is 39.8 Å². The number of amides is 1. The molecule has 1 N–H and O–H groups in total. The Morgan fingerprint density at radius 3 is 2.60 bits per heavy atom. The molecule has 0 spiro atoms. The topological polar surface area (TPSA) is 46.9 Å². The average Bonchev–Trinajstić information content (AvgIpc) is 2.74. The van der Waals surface area contributed by atoms with Crippen molar-refractivity contribution in [3.8, 4) is 0 Å². The Morgan fingerprint density at radius 1 is 1.35 bits per heavy atom. The quantitative estimate of drug-likeness (QED) is 0.934. The van der Waals surface area contributed by atoms with E-state index in [0.717, 1.165) is 23.3 Å². The van der Waals surface area contributed by atoms with E-state index in [0.29, 0.717) is 0 Å². The molecule has 1 unspecified atom stereocenters. The number of hydrogen-bond acceptors (Lipinski definition) is 2. The van der Waals surface area contributed by atoms with Gasteiger partial charge in [-0.2, -0.15) is 0 Å². The summed E-state index contributed by atoms with van der Waals surface area (Å²) in [5.41, 5.74) is 1.73. The van der Waals surface area contributed by atoms with Gasteiger partial charge in [0.25, 0.3) is 0 Å². The van der Waals surface area contributed by atoms with Crippen molar-refractivity contribution < 1.29 is 4.79 Å². The first-order chi connectivity index (χ1) is 9.33. The zero-order valence-electron chi connectivity index (χ0n) is 12.9. The van der Waals surface area contributed by atoms with Gasteiger partial charge in [-0.15, -0.1) is 0 Å². The van der Waals surface area contributed by atoms with Gasteiger partial charge in [-0.1, -0.05) is 19.1 Å². The highest BCUT2D eigenvalue weighted by Crippen LogP contribution is 2.22. The van der Waals surface area contributed by atoms with Crippen LogP contribution in [0.25, 0.3) is 11.0 Å². The number of benzene rings is 1. The number of aryl methyl sites for hydroxylation is 1. The third-order valence-corrected chi connectivity index (χ3v) is 3.25. The summed E-state index contributed by atoms with van der Waals surface area (Å²) in [6.45, 7) is 9.96. The molecule has 4 nitrogen and oxygen atoms in total. The lowest BCUT2D eigenvalue weighted by Crippen LogP contribution is -2.44. The maximum Gasteiger partial charge on any atom is 0.243 e. The van der Waals surface area contributed by atoms with Crippen molar-refractivity contribution in [1.82, 2.24) is 14.9 Å². The number of nitrogens with zero attached hydrogens (tertiary/aromatic N) is 2. The number of carbonyl (C=O) groups is 1. The van der Waals surface area contributed by atoms with Crippen LogP contribution in [0, 0.1) is 0 Å². The van der Waals surface area contributed by atoms with Gasteiger partial charge in [0.05, 0.1) is 11.0 Å². The standard InChI is InChI=1S/C16H23N3O/c1-6-14-17-12-9-7-8-10-13(12)19(14)11(2)15(20)18-16(3,4)5/h7-11H,6H2,1-5H3,(H,18,20). The fourth-order valence-electron chi connectivity index (χ4n) is 2.37. The van der Waals surface area contributed by atoms with E-state index in [-0.39, 0.29) is 17.5 Å². The number of fused-ring (bicyclic) bond motifs is 1. The highest BCUT2D eigenvalue weighted by Gasteiger charge is 2.23. The Bertz CT molecular complexity index is 622. The SMILES string of the molecule is CCc1nc2ccccc2n1C(C)C(=O)NC(C)(C)C. The Labute approximate surface area is 120 Å². The fraction of sp³-hybridized carbons (Fsp3) is 0.500. The van der Waals surface area contributed by atoms with E-state index in [1.165, 1.54) is 0 Å². The van der Waals surface area contributed by atoms with E-state index in [9.17, 15) is 4.79 Å². The van der Waals surface area contributed by atoms with Gasteiger partial charge in [-0.25, -0.2) is 4.98 Å². The maximum absolute atomic E-state index is 12.4. The molecule has 2 aromatic rings. The van der Waals surface area contributed by atoms with Crippen molar-refractivity contribution in [1.29, 1.82) is 0 Å². The Hall–Kier alpha value is -1.84. The maximum atomic E-state index is 12.4. The highest BCUT2D eigenvalue weighted by molar-refractivity contribution is 5.84. The summed E-state index contributed by atoms with van der Waals surface area (Å²) in [4.78, 5) is 17.0. The average molecular weight is 273 g/mol. The zero-order valence-corrected chi connectivity index (χ0v) is 12.9. The second-order valence-corrected chi connectivity index (χ2v) is 6.16. The van der Waals surface area contributed by atoms with Crippen molar-refractivity contribution in [3.05, 3.63) is 30.1 Å². The lowest BCUT2D eigenvalue weighted by molar-refractivity contribution is -0.125. The summed E-state index contributed by atoms with van der Waals surface area (Å²) in [7, 11) is 0. The summed E-state index contributed by atoms with van der Waals surface area (Å²) in [6, 6.07) is 7.69. The van der Waals surface area contributed by atoms with Crippen LogP contribution in [0.4, 0.5) is 0 Å². The van der Waals surface area contributed by atoms with Crippen molar-refractivity contribution >= 4 is 16.9 Å². The largest absolute Gasteiger partial charge is 0.350 e. The molecule has 0 aliphatic rings. The summed E-state index contributed by atoms with van der Waals surface area (Å²) in [6.07, 6.45) is 0.807. The Balaban J connectivity index is 2.43. The number of rotatable bonds is 3. The van der Waals surface area contributed by atoms with Gasteiger partial charge in [0.15, 0.2) is 0 Å². The van der Waals surface area contributed by atoms with Crippen molar-refractivity contribution in [2.45, 2.75) is 52.6 Å². The molecule has 0 aliphatic heterocycles. The molecule has 1 aromatic carbocycles. The molecule has 2 rings (SSSR count). The predicted molar refractivity (Wildman–Crippen MR) is 81.7 cm³/mol. The van der Waals surface area contributed by atoms with Crippen LogP contribution in [-0.4, -0.2) is 21.0 Å². The molecule has 20 heavy (non-hydrogen) atoms. The molecule has 0 bridgehead atoms. The van der Waals surface area contributed by atoms with E-state index < -0.39 is 0 Å². The molecule has 1 heterocycles. The molecular formula is C16H23N3O. The van der Waals surface area contributed by atoms with Gasteiger partial charge in [-0.3, -0.25) is 4.79 Å². The molecule has 0 saturated carbocycles. The molecule has 1 amide bonds. The number of nitrogens with one attached hydrogen (secondary N) is 1. The molecular weight excluding hydrogens is 250 g/mol.